The third-order valence-corrected chi connectivity index (χ3v) is 12.1. The van der Waals surface area contributed by atoms with Crippen molar-refractivity contribution in [2.24, 2.45) is 22.9 Å². The second-order valence-electron chi connectivity index (χ2n) is 17.7. The molecule has 0 radical (unpaired) electrons. The average Bonchev–Trinajstić information content (AvgIpc) is 3.26. The quantitative estimate of drug-likeness (QED) is 0.0347. The first-order valence-electron chi connectivity index (χ1n) is 22.4. The predicted molar refractivity (Wildman–Crippen MR) is 243 cm³/mol. The number of amides is 1. The van der Waals surface area contributed by atoms with Crippen LogP contribution in [0.1, 0.15) is 107 Å². The van der Waals surface area contributed by atoms with Crippen LogP contribution in [0.25, 0.3) is 6.08 Å². The van der Waals surface area contributed by atoms with Gasteiger partial charge in [-0.2, -0.15) is 0 Å². The van der Waals surface area contributed by atoms with E-state index in [1.165, 1.54) is 18.2 Å². The number of hydrogen-bond donors (Lipinski definition) is 2. The van der Waals surface area contributed by atoms with Gasteiger partial charge >= 0.3 is 0 Å². The van der Waals surface area contributed by atoms with Crippen molar-refractivity contribution < 1.29 is 39.0 Å². The standard InChI is InChI=1S/C50H64N4O9/c1-7-26-53(46(57)25-20-35-18-21-38(22-19-35)54(58)59)45-32-43(52-63-49(4,5)6)41-30-36(15-9-11-27-55)40(17-10-12-28-56)47-42-31-39(60-33-37-16-13-14-34(3)51-37)23-24-44(42)62-50(45,48(41)47)61-29-8-2/h8,13-14,16,18-25,30-31,36,40,45,47-48,55-56H,2,7,9-12,15,17,26-29,32-33H2,1,3-6H3. The number of rotatable bonds is 21. The van der Waals surface area contributed by atoms with Crippen LogP contribution in [0.4, 0.5) is 5.69 Å². The third kappa shape index (κ3) is 11.2. The van der Waals surface area contributed by atoms with Gasteiger partial charge in [-0.1, -0.05) is 43.1 Å². The van der Waals surface area contributed by atoms with Gasteiger partial charge in [-0.25, -0.2) is 0 Å². The van der Waals surface area contributed by atoms with E-state index >= 15 is 0 Å². The van der Waals surface area contributed by atoms with Crippen molar-refractivity contribution in [2.45, 2.75) is 116 Å². The van der Waals surface area contributed by atoms with E-state index in [1.54, 1.807) is 24.3 Å². The summed E-state index contributed by atoms with van der Waals surface area (Å²) < 4.78 is 20.9. The number of unbranched alkanes of at least 4 members (excludes halogenated alkanes) is 2. The highest BCUT2D eigenvalue weighted by atomic mass is 16.7. The van der Waals surface area contributed by atoms with Gasteiger partial charge in [0.15, 0.2) is 0 Å². The predicted octanol–water partition coefficient (Wildman–Crippen LogP) is 9.26. The van der Waals surface area contributed by atoms with Crippen LogP contribution in [-0.4, -0.2) is 80.4 Å². The molecular formula is C50H64N4O9. The fourth-order valence-electron chi connectivity index (χ4n) is 9.40. The molecule has 1 aromatic heterocycles. The Kier molecular flexibility index (Phi) is 16.0. The van der Waals surface area contributed by atoms with Crippen LogP contribution in [0, 0.1) is 34.8 Å². The van der Waals surface area contributed by atoms with Crippen molar-refractivity contribution in [2.75, 3.05) is 26.4 Å². The summed E-state index contributed by atoms with van der Waals surface area (Å²) in [6.07, 6.45) is 12.7. The van der Waals surface area contributed by atoms with E-state index in [2.05, 4.69) is 23.7 Å². The number of pyridine rings is 1. The van der Waals surface area contributed by atoms with Gasteiger partial charge in [0, 0.05) is 61.6 Å². The molecule has 6 unspecified atom stereocenters. The molecule has 13 heteroatoms. The number of oxime groups is 1. The first kappa shape index (κ1) is 47.1. The highest BCUT2D eigenvalue weighted by Crippen LogP contribution is 2.62. The molecule has 6 atom stereocenters. The summed E-state index contributed by atoms with van der Waals surface area (Å²) in [5.41, 5.74) is 4.33. The van der Waals surface area contributed by atoms with Crippen molar-refractivity contribution in [3.8, 4) is 11.5 Å². The van der Waals surface area contributed by atoms with Crippen molar-refractivity contribution >= 4 is 23.4 Å². The van der Waals surface area contributed by atoms with E-state index in [1.807, 2.05) is 69.9 Å². The number of fused-ring (bicyclic) bond motifs is 2. The van der Waals surface area contributed by atoms with Gasteiger partial charge in [0.2, 0.25) is 11.7 Å². The molecular weight excluding hydrogens is 801 g/mol. The minimum atomic E-state index is -1.41. The number of benzene rings is 2. The largest absolute Gasteiger partial charge is 0.487 e. The number of aryl methyl sites for hydroxylation is 1. The molecule has 13 nitrogen and oxygen atoms in total. The van der Waals surface area contributed by atoms with Crippen LogP contribution in [-0.2, 0) is 21.0 Å². The second-order valence-corrected chi connectivity index (χ2v) is 17.7. The minimum Gasteiger partial charge on any atom is -0.487 e. The molecule has 2 heterocycles. The Morgan fingerprint density at radius 1 is 1.08 bits per heavy atom. The lowest BCUT2D eigenvalue weighted by atomic mass is 9.55. The lowest BCUT2D eigenvalue weighted by Gasteiger charge is -2.60. The minimum absolute atomic E-state index is 0.0354. The smallest absolute Gasteiger partial charge is 0.269 e. The number of nitro groups is 1. The Bertz CT molecular complexity index is 2150. The SMILES string of the molecule is C=CCOC12Oc3ccc(OCc4cccc(C)n4)cc3C3C(CCCCO)C(CCCCO)C=C(C(=NOC(C)(C)C)CC1N(CCC)C(=O)C=Cc1ccc([N+](=O)[O-])cc1)C32. The molecule has 338 valence electrons. The fourth-order valence-corrected chi connectivity index (χ4v) is 9.40. The topological polar surface area (TPSA) is 166 Å². The molecule has 1 aliphatic heterocycles. The maximum absolute atomic E-state index is 14.7. The summed E-state index contributed by atoms with van der Waals surface area (Å²) in [5, 5.41) is 36.1. The summed E-state index contributed by atoms with van der Waals surface area (Å²) in [4.78, 5) is 38.3. The van der Waals surface area contributed by atoms with Gasteiger partial charge in [-0.3, -0.25) is 19.9 Å². The number of carbonyl (C=O) groups is 1. The Labute approximate surface area is 371 Å². The van der Waals surface area contributed by atoms with Crippen LogP contribution < -0.4 is 9.47 Å². The zero-order valence-corrected chi connectivity index (χ0v) is 37.4. The van der Waals surface area contributed by atoms with Crippen molar-refractivity contribution in [1.82, 2.24) is 9.88 Å². The number of aromatic nitrogens is 1. The molecule has 0 saturated heterocycles. The summed E-state index contributed by atoms with van der Waals surface area (Å²) >= 11 is 0. The number of ether oxygens (including phenoxy) is 3. The van der Waals surface area contributed by atoms with E-state index < -0.39 is 28.3 Å². The zero-order chi connectivity index (χ0) is 45.1. The summed E-state index contributed by atoms with van der Waals surface area (Å²) in [5.74, 6) is -0.958. The number of hydrogen-bond acceptors (Lipinski definition) is 11. The monoisotopic (exact) mass is 864 g/mol. The van der Waals surface area contributed by atoms with Crippen molar-refractivity contribution in [1.29, 1.82) is 0 Å². The number of nitro benzene ring substituents is 1. The van der Waals surface area contributed by atoms with Gasteiger partial charge in [0.05, 0.1) is 28.9 Å². The van der Waals surface area contributed by atoms with Crippen LogP contribution >= 0.6 is 0 Å². The fraction of sp³-hybridized carbons (Fsp3) is 0.500. The summed E-state index contributed by atoms with van der Waals surface area (Å²) in [7, 11) is 0. The first-order valence-corrected chi connectivity index (χ1v) is 22.4. The molecule has 2 N–H and O–H groups in total. The molecule has 0 bridgehead atoms. The molecule has 2 aromatic carbocycles. The number of non-ortho nitro benzene ring substituents is 1. The van der Waals surface area contributed by atoms with E-state index in [4.69, 9.17) is 24.2 Å². The van der Waals surface area contributed by atoms with E-state index in [0.29, 0.717) is 48.6 Å². The Morgan fingerprint density at radius 2 is 1.83 bits per heavy atom. The first-order chi connectivity index (χ1) is 30.3. The van der Waals surface area contributed by atoms with Gasteiger partial charge < -0.3 is 34.2 Å². The molecule has 1 fully saturated rings. The van der Waals surface area contributed by atoms with Crippen LogP contribution in [0.3, 0.4) is 0 Å². The van der Waals surface area contributed by atoms with Crippen molar-refractivity contribution in [3.63, 3.8) is 0 Å². The Hall–Kier alpha value is -5.37. The van der Waals surface area contributed by atoms with E-state index in [0.717, 1.165) is 48.2 Å². The molecule has 0 spiro atoms. The zero-order valence-electron chi connectivity index (χ0n) is 37.4. The number of carbonyl (C=O) groups excluding carboxylic acids is 1. The number of allylic oxidation sites excluding steroid dienone is 1. The number of aliphatic hydroxyl groups excluding tert-OH is 2. The van der Waals surface area contributed by atoms with E-state index in [-0.39, 0.29) is 62.2 Å². The Balaban J connectivity index is 1.55. The second kappa shape index (κ2) is 21.3. The van der Waals surface area contributed by atoms with Crippen LogP contribution in [0.15, 0.2) is 96.2 Å². The van der Waals surface area contributed by atoms with Gasteiger partial charge in [0.1, 0.15) is 29.7 Å². The van der Waals surface area contributed by atoms with Gasteiger partial charge in [0.25, 0.3) is 5.69 Å². The van der Waals surface area contributed by atoms with Crippen molar-refractivity contribution in [3.05, 3.63) is 124 Å². The highest BCUT2D eigenvalue weighted by Gasteiger charge is 2.65. The molecule has 2 aliphatic carbocycles. The summed E-state index contributed by atoms with van der Waals surface area (Å²) in [6.45, 7) is 14.8. The van der Waals surface area contributed by atoms with Crippen LogP contribution in [0.5, 0.6) is 11.5 Å². The van der Waals surface area contributed by atoms with Crippen LogP contribution in [0.2, 0.25) is 0 Å². The third-order valence-electron chi connectivity index (χ3n) is 12.1. The maximum atomic E-state index is 14.7. The van der Waals surface area contributed by atoms with Gasteiger partial charge in [-0.05, 0) is 131 Å². The number of nitrogens with zero attached hydrogens (tertiary/aromatic N) is 4. The number of aliphatic hydroxyl groups is 2. The average molecular weight is 865 g/mol. The highest BCUT2D eigenvalue weighted by molar-refractivity contribution is 6.03. The maximum Gasteiger partial charge on any atom is 0.269 e. The molecule has 1 amide bonds. The van der Waals surface area contributed by atoms with E-state index in [9.17, 15) is 25.1 Å². The molecule has 3 aliphatic rings. The Morgan fingerprint density at radius 3 is 2.49 bits per heavy atom. The van der Waals surface area contributed by atoms with Gasteiger partial charge in [-0.15, -0.1) is 6.58 Å². The molecule has 3 aromatic rings. The molecule has 6 rings (SSSR count). The lowest BCUT2D eigenvalue weighted by Crippen LogP contribution is -2.70. The lowest BCUT2D eigenvalue weighted by molar-refractivity contribution is -0.384. The molecule has 1 saturated carbocycles. The normalized spacial score (nSPS) is 23.3. The summed E-state index contributed by atoms with van der Waals surface area (Å²) in [6, 6.07) is 17.2. The molecule has 63 heavy (non-hydrogen) atoms.